The van der Waals surface area contributed by atoms with E-state index in [1.807, 2.05) is 6.92 Å². The lowest BCUT2D eigenvalue weighted by Crippen LogP contribution is -2.28. The van der Waals surface area contributed by atoms with Crippen LogP contribution in [0.15, 0.2) is 29.2 Å². The Hall–Kier alpha value is -1.05. The van der Waals surface area contributed by atoms with Crippen molar-refractivity contribution in [3.8, 4) is 0 Å². The van der Waals surface area contributed by atoms with Crippen LogP contribution in [0.2, 0.25) is 0 Å². The van der Waals surface area contributed by atoms with Crippen molar-refractivity contribution in [2.45, 2.75) is 48.8 Å². The van der Waals surface area contributed by atoms with Crippen LogP contribution in [-0.2, 0) is 14.8 Å². The van der Waals surface area contributed by atoms with Gasteiger partial charge in [0.05, 0.1) is 16.7 Å². The zero-order valence-electron chi connectivity index (χ0n) is 12.6. The molecule has 0 spiro atoms. The Bertz CT molecular complexity index is 608. The Morgan fingerprint density at radius 1 is 1.32 bits per heavy atom. The third-order valence-corrected chi connectivity index (χ3v) is 6.14. The number of benzene rings is 1. The Morgan fingerprint density at radius 2 is 1.91 bits per heavy atom. The molecule has 0 bridgehead atoms. The van der Waals surface area contributed by atoms with E-state index in [0.717, 1.165) is 5.56 Å². The number of sulfonamides is 1. The Kier molecular flexibility index (Phi) is 5.88. The summed E-state index contributed by atoms with van der Waals surface area (Å²) in [6.07, 6.45) is 4.96. The number of amides is 1. The SMILES string of the molecule is C[C@@H](NC(=O)CSC1CCCC1)c1ccc(S(N)(=O)=O)cc1. The average molecular weight is 342 g/mol. The number of hydrogen-bond acceptors (Lipinski definition) is 4. The molecule has 1 saturated carbocycles. The predicted octanol–water partition coefficient (Wildman–Crippen LogP) is 2.19. The quantitative estimate of drug-likeness (QED) is 0.829. The first-order valence-corrected chi connectivity index (χ1v) is 9.99. The molecule has 1 aromatic carbocycles. The summed E-state index contributed by atoms with van der Waals surface area (Å²) in [5.41, 5.74) is 0.853. The first kappa shape index (κ1) is 17.3. The fourth-order valence-corrected chi connectivity index (χ4v) is 4.21. The second-order valence-electron chi connectivity index (χ2n) is 5.62. The van der Waals surface area contributed by atoms with Gasteiger partial charge < -0.3 is 5.32 Å². The maximum Gasteiger partial charge on any atom is 0.238 e. The molecule has 1 atom stereocenters. The van der Waals surface area contributed by atoms with Gasteiger partial charge in [0.25, 0.3) is 0 Å². The van der Waals surface area contributed by atoms with Gasteiger partial charge >= 0.3 is 0 Å². The van der Waals surface area contributed by atoms with E-state index in [0.29, 0.717) is 11.0 Å². The highest BCUT2D eigenvalue weighted by molar-refractivity contribution is 8.00. The van der Waals surface area contributed by atoms with Crippen molar-refractivity contribution in [2.24, 2.45) is 5.14 Å². The average Bonchev–Trinajstić information content (AvgIpc) is 2.97. The molecule has 0 unspecified atom stereocenters. The molecule has 5 nitrogen and oxygen atoms in total. The minimum absolute atomic E-state index is 0.0138. The van der Waals surface area contributed by atoms with Crippen LogP contribution in [0.4, 0.5) is 0 Å². The predicted molar refractivity (Wildman–Crippen MR) is 89.1 cm³/mol. The van der Waals surface area contributed by atoms with Crippen LogP contribution >= 0.6 is 11.8 Å². The van der Waals surface area contributed by atoms with Gasteiger partial charge in [-0.1, -0.05) is 25.0 Å². The normalized spacial score (nSPS) is 17.4. The number of carbonyl (C=O) groups is 1. The maximum absolute atomic E-state index is 12.0. The van der Waals surface area contributed by atoms with Gasteiger partial charge in [-0.3, -0.25) is 4.79 Å². The van der Waals surface area contributed by atoms with E-state index in [-0.39, 0.29) is 16.8 Å². The Morgan fingerprint density at radius 3 is 2.45 bits per heavy atom. The smallest absolute Gasteiger partial charge is 0.238 e. The maximum atomic E-state index is 12.0. The van der Waals surface area contributed by atoms with Crippen molar-refractivity contribution in [1.82, 2.24) is 5.32 Å². The molecule has 0 heterocycles. The van der Waals surface area contributed by atoms with Crippen LogP contribution in [0.5, 0.6) is 0 Å². The van der Waals surface area contributed by atoms with Crippen molar-refractivity contribution in [1.29, 1.82) is 0 Å². The van der Waals surface area contributed by atoms with E-state index in [1.165, 1.54) is 37.8 Å². The monoisotopic (exact) mass is 342 g/mol. The third kappa shape index (κ3) is 5.00. The molecule has 3 N–H and O–H groups in total. The van der Waals surface area contributed by atoms with Gasteiger partial charge in [-0.05, 0) is 37.5 Å². The lowest BCUT2D eigenvalue weighted by Gasteiger charge is -2.15. The zero-order valence-corrected chi connectivity index (χ0v) is 14.3. The lowest BCUT2D eigenvalue weighted by molar-refractivity contribution is -0.119. The van der Waals surface area contributed by atoms with Gasteiger partial charge in [0, 0.05) is 5.25 Å². The van der Waals surface area contributed by atoms with E-state index in [1.54, 1.807) is 23.9 Å². The topological polar surface area (TPSA) is 89.3 Å². The fraction of sp³-hybridized carbons (Fsp3) is 0.533. The van der Waals surface area contributed by atoms with E-state index < -0.39 is 10.0 Å². The lowest BCUT2D eigenvalue weighted by atomic mass is 10.1. The van der Waals surface area contributed by atoms with E-state index in [2.05, 4.69) is 5.32 Å². The summed E-state index contributed by atoms with van der Waals surface area (Å²) in [6, 6.07) is 6.11. The number of nitrogens with one attached hydrogen (secondary N) is 1. The van der Waals surface area contributed by atoms with Crippen LogP contribution in [-0.4, -0.2) is 25.3 Å². The highest BCUT2D eigenvalue weighted by Crippen LogP contribution is 2.29. The summed E-state index contributed by atoms with van der Waals surface area (Å²) >= 11 is 1.73. The molecule has 7 heteroatoms. The minimum Gasteiger partial charge on any atom is -0.349 e. The van der Waals surface area contributed by atoms with Gasteiger partial charge in [0.2, 0.25) is 15.9 Å². The molecule has 1 amide bonds. The van der Waals surface area contributed by atoms with Gasteiger partial charge in [-0.2, -0.15) is 0 Å². The Balaban J connectivity index is 1.85. The standard InChI is InChI=1S/C15H22N2O3S2/c1-11(12-6-8-14(9-7-12)22(16,19)20)17-15(18)10-21-13-4-2-3-5-13/h6-9,11,13H,2-5,10H2,1H3,(H,17,18)(H2,16,19,20)/t11-/m1/s1. The number of nitrogens with two attached hydrogens (primary N) is 1. The molecular weight excluding hydrogens is 320 g/mol. The van der Waals surface area contributed by atoms with Crippen LogP contribution < -0.4 is 10.5 Å². The molecule has 1 fully saturated rings. The molecule has 122 valence electrons. The first-order valence-electron chi connectivity index (χ1n) is 7.40. The van der Waals surface area contributed by atoms with E-state index >= 15 is 0 Å². The highest BCUT2D eigenvalue weighted by Gasteiger charge is 2.17. The Labute approximate surface area is 136 Å². The number of hydrogen-bond donors (Lipinski definition) is 2. The third-order valence-electron chi connectivity index (χ3n) is 3.84. The number of rotatable bonds is 6. The van der Waals surface area contributed by atoms with Gasteiger partial charge in [0.15, 0.2) is 0 Å². The molecular formula is C15H22N2O3S2. The van der Waals surface area contributed by atoms with Crippen molar-refractivity contribution >= 4 is 27.7 Å². The molecule has 0 aliphatic heterocycles. The molecule has 0 radical (unpaired) electrons. The van der Waals surface area contributed by atoms with Crippen molar-refractivity contribution in [2.75, 3.05) is 5.75 Å². The fourth-order valence-electron chi connectivity index (χ4n) is 2.56. The molecule has 22 heavy (non-hydrogen) atoms. The summed E-state index contributed by atoms with van der Waals surface area (Å²) in [5.74, 6) is 0.490. The summed E-state index contributed by atoms with van der Waals surface area (Å²) in [7, 11) is -3.68. The summed E-state index contributed by atoms with van der Waals surface area (Å²) in [5, 5.41) is 8.62. The van der Waals surface area contributed by atoms with Gasteiger partial charge in [-0.25, -0.2) is 13.6 Å². The van der Waals surface area contributed by atoms with Crippen LogP contribution in [0.3, 0.4) is 0 Å². The van der Waals surface area contributed by atoms with E-state index in [9.17, 15) is 13.2 Å². The molecule has 1 aliphatic rings. The van der Waals surface area contributed by atoms with Crippen LogP contribution in [0.1, 0.15) is 44.2 Å². The molecule has 0 aromatic heterocycles. The van der Waals surface area contributed by atoms with Crippen LogP contribution in [0.25, 0.3) is 0 Å². The van der Waals surface area contributed by atoms with Crippen molar-refractivity contribution in [3.05, 3.63) is 29.8 Å². The first-order chi connectivity index (χ1) is 10.4. The largest absolute Gasteiger partial charge is 0.349 e. The summed E-state index contributed by atoms with van der Waals surface area (Å²) in [4.78, 5) is 12.0. The van der Waals surface area contributed by atoms with E-state index in [4.69, 9.17) is 5.14 Å². The summed E-state index contributed by atoms with van der Waals surface area (Å²) < 4.78 is 22.4. The molecule has 2 rings (SSSR count). The van der Waals surface area contributed by atoms with Crippen LogP contribution in [0, 0.1) is 0 Å². The van der Waals surface area contributed by atoms with Gasteiger partial charge in [-0.15, -0.1) is 11.8 Å². The molecule has 0 saturated heterocycles. The zero-order chi connectivity index (χ0) is 16.2. The minimum atomic E-state index is -3.68. The highest BCUT2D eigenvalue weighted by atomic mass is 32.2. The van der Waals surface area contributed by atoms with Gasteiger partial charge in [0.1, 0.15) is 0 Å². The second-order valence-corrected chi connectivity index (χ2v) is 8.47. The number of carbonyl (C=O) groups excluding carboxylic acids is 1. The molecule has 1 aliphatic carbocycles. The summed E-state index contributed by atoms with van der Waals surface area (Å²) in [6.45, 7) is 1.88. The molecule has 1 aromatic rings. The van der Waals surface area contributed by atoms with Crippen molar-refractivity contribution < 1.29 is 13.2 Å². The van der Waals surface area contributed by atoms with Crippen molar-refractivity contribution in [3.63, 3.8) is 0 Å². The second kappa shape index (κ2) is 7.48. The number of primary sulfonamides is 1. The number of thioether (sulfide) groups is 1.